The molecule has 0 aliphatic heterocycles. The van der Waals surface area contributed by atoms with Crippen molar-refractivity contribution in [2.45, 2.75) is 30.7 Å². The van der Waals surface area contributed by atoms with Gasteiger partial charge in [-0.2, -0.15) is 0 Å². The lowest BCUT2D eigenvalue weighted by molar-refractivity contribution is -0.120. The maximum atomic E-state index is 12.7. The maximum absolute atomic E-state index is 12.7. The van der Waals surface area contributed by atoms with Gasteiger partial charge in [0.05, 0.1) is 4.90 Å². The average Bonchev–Trinajstić information content (AvgIpc) is 2.38. The summed E-state index contributed by atoms with van der Waals surface area (Å²) in [6, 6.07) is 4.47. The molecule has 1 aromatic rings. The van der Waals surface area contributed by atoms with E-state index in [1.807, 2.05) is 6.92 Å². The van der Waals surface area contributed by atoms with Gasteiger partial charge in [-0.05, 0) is 37.6 Å². The largest absolute Gasteiger partial charge is 0.356 e. The van der Waals surface area contributed by atoms with E-state index in [-0.39, 0.29) is 42.2 Å². The van der Waals surface area contributed by atoms with Crippen molar-refractivity contribution < 1.29 is 17.6 Å². The molecule has 0 aliphatic carbocycles. The third kappa shape index (κ3) is 7.69. The highest BCUT2D eigenvalue weighted by molar-refractivity contribution is 7.89. The number of carbonyl (C=O) groups excluding carboxylic acids is 1. The summed E-state index contributed by atoms with van der Waals surface area (Å²) >= 11 is 0. The predicted molar refractivity (Wildman–Crippen MR) is 84.7 cm³/mol. The van der Waals surface area contributed by atoms with Gasteiger partial charge in [0, 0.05) is 25.6 Å². The molecule has 0 saturated heterocycles. The quantitative estimate of drug-likeness (QED) is 0.642. The number of nitrogens with one attached hydrogen (secondary N) is 2. The van der Waals surface area contributed by atoms with Gasteiger partial charge < -0.3 is 11.1 Å². The zero-order valence-corrected chi connectivity index (χ0v) is 13.8. The number of rotatable bonds is 8. The van der Waals surface area contributed by atoms with E-state index < -0.39 is 15.8 Å². The molecule has 126 valence electrons. The van der Waals surface area contributed by atoms with Crippen LogP contribution in [-0.4, -0.2) is 33.5 Å². The minimum Gasteiger partial charge on any atom is -0.356 e. The molecule has 0 bridgehead atoms. The van der Waals surface area contributed by atoms with Crippen molar-refractivity contribution in [2.75, 3.05) is 13.1 Å². The van der Waals surface area contributed by atoms with Crippen LogP contribution in [-0.2, 0) is 14.8 Å². The molecule has 22 heavy (non-hydrogen) atoms. The lowest BCUT2D eigenvalue weighted by Crippen LogP contribution is -2.32. The summed E-state index contributed by atoms with van der Waals surface area (Å²) in [5, 5.41) is 2.64. The number of hydrogen-bond donors (Lipinski definition) is 3. The molecule has 0 heterocycles. The zero-order valence-electron chi connectivity index (χ0n) is 12.2. The smallest absolute Gasteiger partial charge is 0.240 e. The summed E-state index contributed by atoms with van der Waals surface area (Å²) in [5.41, 5.74) is 5.54. The van der Waals surface area contributed by atoms with E-state index in [9.17, 15) is 17.6 Å². The van der Waals surface area contributed by atoms with Crippen LogP contribution in [0.3, 0.4) is 0 Å². The summed E-state index contributed by atoms with van der Waals surface area (Å²) in [7, 11) is -3.72. The molecule has 1 aromatic carbocycles. The molecule has 0 fully saturated rings. The Hall–Kier alpha value is -1.22. The number of nitrogens with two attached hydrogens (primary N) is 1. The Balaban J connectivity index is 0.00000441. The molecule has 1 atom stereocenters. The highest BCUT2D eigenvalue weighted by Gasteiger charge is 2.14. The van der Waals surface area contributed by atoms with E-state index in [4.69, 9.17) is 5.73 Å². The number of hydrogen-bond acceptors (Lipinski definition) is 4. The fraction of sp³-hybridized carbons (Fsp3) is 0.462. The van der Waals surface area contributed by atoms with E-state index in [0.29, 0.717) is 13.0 Å². The molecule has 1 unspecified atom stereocenters. The SMILES string of the molecule is CC(N)CCNC(=O)CCNS(=O)(=O)c1ccc(F)cc1.Cl. The van der Waals surface area contributed by atoms with Crippen LogP contribution < -0.4 is 15.8 Å². The first-order chi connectivity index (χ1) is 9.81. The fourth-order valence-corrected chi connectivity index (χ4v) is 2.56. The number of sulfonamides is 1. The molecule has 9 heteroatoms. The van der Waals surface area contributed by atoms with E-state index in [1.165, 1.54) is 12.1 Å². The maximum Gasteiger partial charge on any atom is 0.240 e. The topological polar surface area (TPSA) is 101 Å². The highest BCUT2D eigenvalue weighted by atomic mass is 35.5. The molecule has 0 radical (unpaired) electrons. The Morgan fingerprint density at radius 3 is 2.41 bits per heavy atom. The molecule has 0 aromatic heterocycles. The number of carbonyl (C=O) groups is 1. The van der Waals surface area contributed by atoms with E-state index in [0.717, 1.165) is 12.1 Å². The van der Waals surface area contributed by atoms with Crippen molar-refractivity contribution in [3.63, 3.8) is 0 Å². The fourth-order valence-electron chi connectivity index (χ4n) is 1.52. The van der Waals surface area contributed by atoms with Crippen LogP contribution in [0.1, 0.15) is 19.8 Å². The van der Waals surface area contributed by atoms with Crippen LogP contribution in [0.4, 0.5) is 4.39 Å². The molecule has 1 rings (SSSR count). The predicted octanol–water partition coefficient (Wildman–Crippen LogP) is 0.769. The first kappa shape index (κ1) is 20.8. The monoisotopic (exact) mass is 353 g/mol. The average molecular weight is 354 g/mol. The van der Waals surface area contributed by atoms with Crippen LogP contribution in [0.2, 0.25) is 0 Å². The van der Waals surface area contributed by atoms with Gasteiger partial charge in [0.1, 0.15) is 5.82 Å². The molecule has 0 aliphatic rings. The van der Waals surface area contributed by atoms with E-state index in [1.54, 1.807) is 0 Å². The Bertz CT molecular complexity index is 564. The third-order valence-corrected chi connectivity index (χ3v) is 4.17. The van der Waals surface area contributed by atoms with Crippen molar-refractivity contribution in [3.05, 3.63) is 30.1 Å². The minimum atomic E-state index is -3.72. The molecule has 4 N–H and O–H groups in total. The molecule has 0 spiro atoms. The zero-order chi connectivity index (χ0) is 15.9. The molecule has 1 amide bonds. The van der Waals surface area contributed by atoms with Crippen molar-refractivity contribution in [1.29, 1.82) is 0 Å². The van der Waals surface area contributed by atoms with Crippen molar-refractivity contribution >= 4 is 28.3 Å². The van der Waals surface area contributed by atoms with Crippen LogP contribution in [0, 0.1) is 5.82 Å². The minimum absolute atomic E-state index is 0. The van der Waals surface area contributed by atoms with Gasteiger partial charge in [0.25, 0.3) is 0 Å². The Kier molecular flexibility index (Phi) is 9.19. The second kappa shape index (κ2) is 9.73. The summed E-state index contributed by atoms with van der Waals surface area (Å²) < 4.78 is 38.7. The van der Waals surface area contributed by atoms with Gasteiger partial charge in [-0.25, -0.2) is 17.5 Å². The summed E-state index contributed by atoms with van der Waals surface area (Å²) in [4.78, 5) is 11.4. The van der Waals surface area contributed by atoms with Gasteiger partial charge in [-0.15, -0.1) is 12.4 Å². The lowest BCUT2D eigenvalue weighted by atomic mass is 10.2. The lowest BCUT2D eigenvalue weighted by Gasteiger charge is -2.08. The summed E-state index contributed by atoms with van der Waals surface area (Å²) in [6.45, 7) is 2.27. The van der Waals surface area contributed by atoms with Gasteiger partial charge in [-0.1, -0.05) is 0 Å². The van der Waals surface area contributed by atoms with Gasteiger partial charge in [-0.3, -0.25) is 4.79 Å². The normalized spacial score (nSPS) is 12.3. The van der Waals surface area contributed by atoms with E-state index in [2.05, 4.69) is 10.0 Å². The van der Waals surface area contributed by atoms with Crippen molar-refractivity contribution in [3.8, 4) is 0 Å². The second-order valence-corrected chi connectivity index (χ2v) is 6.48. The van der Waals surface area contributed by atoms with Crippen LogP contribution >= 0.6 is 12.4 Å². The van der Waals surface area contributed by atoms with Crippen molar-refractivity contribution in [2.24, 2.45) is 5.73 Å². The molecular weight excluding hydrogens is 333 g/mol. The standard InChI is InChI=1S/C13H20FN3O3S.ClH/c1-10(15)6-8-16-13(18)7-9-17-21(19,20)12-4-2-11(14)3-5-12;/h2-5,10,17H,6-9,15H2,1H3,(H,16,18);1H. The van der Waals surface area contributed by atoms with Gasteiger partial charge in [0.15, 0.2) is 0 Å². The molecule has 6 nitrogen and oxygen atoms in total. The van der Waals surface area contributed by atoms with E-state index >= 15 is 0 Å². The summed E-state index contributed by atoms with van der Waals surface area (Å²) in [5.74, 6) is -0.764. The van der Waals surface area contributed by atoms with Gasteiger partial charge >= 0.3 is 0 Å². The first-order valence-electron chi connectivity index (χ1n) is 6.59. The molecule has 0 saturated carbocycles. The first-order valence-corrected chi connectivity index (χ1v) is 8.07. The Labute approximate surface area is 136 Å². The van der Waals surface area contributed by atoms with Crippen molar-refractivity contribution in [1.82, 2.24) is 10.0 Å². The van der Waals surface area contributed by atoms with Gasteiger partial charge in [0.2, 0.25) is 15.9 Å². The Morgan fingerprint density at radius 2 is 1.86 bits per heavy atom. The number of halogens is 2. The number of amides is 1. The molecular formula is C13H21ClFN3O3S. The third-order valence-electron chi connectivity index (χ3n) is 2.69. The summed E-state index contributed by atoms with van der Waals surface area (Å²) in [6.07, 6.45) is 0.687. The second-order valence-electron chi connectivity index (χ2n) is 4.72. The van der Waals surface area contributed by atoms with Crippen LogP contribution in [0.15, 0.2) is 29.2 Å². The highest BCUT2D eigenvalue weighted by Crippen LogP contribution is 2.09. The van der Waals surface area contributed by atoms with Crippen LogP contribution in [0.25, 0.3) is 0 Å². The Morgan fingerprint density at radius 1 is 1.27 bits per heavy atom. The van der Waals surface area contributed by atoms with Crippen LogP contribution in [0.5, 0.6) is 0 Å². The number of benzene rings is 1.